The lowest BCUT2D eigenvalue weighted by atomic mass is 10.1. The van der Waals surface area contributed by atoms with E-state index < -0.39 is 0 Å². The molecule has 0 spiro atoms. The van der Waals surface area contributed by atoms with E-state index in [0.29, 0.717) is 0 Å². The lowest BCUT2D eigenvalue weighted by Gasteiger charge is -2.39. The Morgan fingerprint density at radius 2 is 0.750 bits per heavy atom. The van der Waals surface area contributed by atoms with E-state index >= 15 is 0 Å². The Bertz CT molecular complexity index is 131. The number of quaternary nitrogens is 1. The number of hydrogen-bond acceptors (Lipinski definition) is 0. The van der Waals surface area contributed by atoms with Crippen LogP contribution < -0.4 is 0 Å². The first-order valence-electron chi connectivity index (χ1n) is 8.09. The van der Waals surface area contributed by atoms with Crippen LogP contribution in [0.15, 0.2) is 0 Å². The molecule has 0 aromatic rings. The number of nitrogens with zero attached hydrogens (tertiary/aromatic N) is 1. The summed E-state index contributed by atoms with van der Waals surface area (Å²) in [5.74, 6) is 0. The number of unbranched alkanes of at least 4 members (excludes halogenated alkanes) is 4. The fraction of sp³-hybridized carbons (Fsp3) is 1.00. The molecule has 0 aliphatic heterocycles. The number of hydrogen-bond donors (Lipinski definition) is 0. The normalized spacial score (nSPS) is 10.2. The minimum atomic E-state index is 0. The fourth-order valence-electron chi connectivity index (χ4n) is 2.64. The van der Waals surface area contributed by atoms with Crippen LogP contribution >= 0.6 is 9.90 Å². The molecule has 20 heavy (non-hydrogen) atoms. The Hall–Kier alpha value is 0.520. The van der Waals surface area contributed by atoms with Gasteiger partial charge in [0.2, 0.25) is 0 Å². The van der Waals surface area contributed by atoms with Crippen LogP contribution in [0.3, 0.4) is 0 Å². The highest BCUT2D eigenvalue weighted by molar-refractivity contribution is 6.92. The van der Waals surface area contributed by atoms with Crippen LogP contribution in [0.4, 0.5) is 0 Å². The zero-order chi connectivity index (χ0) is 13.0. The molecule has 0 aromatic carbocycles. The maximum absolute atomic E-state index is 2.33. The standard InChI is InChI=1S/C16H36N.BH4.B.H3P/c1-5-9-13-17(14-10-6-2,15-11-7-3)16-12-8-4;;;/h5-16H2,1-4H3;1H4;;1H3/q+1;-1;;. The van der Waals surface area contributed by atoms with Gasteiger partial charge in [0, 0.05) is 8.41 Å². The molecule has 0 bridgehead atoms. The second-order valence-corrected chi connectivity index (χ2v) is 5.65. The largest absolute Gasteiger partial charge is 0.324 e. The molecule has 0 heterocycles. The Kier molecular flexibility index (Phi) is 28.0. The molecule has 0 fully saturated rings. The molecule has 4 heteroatoms. The average Bonchev–Trinajstić information content (AvgIpc) is 2.37. The molecule has 0 rings (SSSR count). The van der Waals surface area contributed by atoms with E-state index in [2.05, 4.69) is 27.7 Å². The molecule has 0 saturated heterocycles. The highest BCUT2D eigenvalue weighted by Crippen LogP contribution is 2.16. The summed E-state index contributed by atoms with van der Waals surface area (Å²) < 4.78 is 1.42. The van der Waals surface area contributed by atoms with Gasteiger partial charge in [0.15, 0.2) is 0 Å². The van der Waals surface area contributed by atoms with Crippen molar-refractivity contribution < 1.29 is 4.48 Å². The summed E-state index contributed by atoms with van der Waals surface area (Å²) in [4.78, 5) is 0. The third-order valence-corrected chi connectivity index (χ3v) is 3.94. The molecule has 0 aromatic heterocycles. The predicted octanol–water partition coefficient (Wildman–Crippen LogP) is 3.23. The third-order valence-electron chi connectivity index (χ3n) is 3.94. The van der Waals surface area contributed by atoms with Crippen molar-refractivity contribution >= 4 is 26.7 Å². The monoisotopic (exact) mass is 302 g/mol. The zero-order valence-electron chi connectivity index (χ0n) is 14.2. The van der Waals surface area contributed by atoms with Crippen molar-refractivity contribution in [3.8, 4) is 0 Å². The van der Waals surface area contributed by atoms with E-state index in [1.807, 2.05) is 0 Å². The Balaban J connectivity index is -0.000000427. The maximum Gasteiger partial charge on any atom is 0.0786 e. The molecule has 1 atom stereocenters. The van der Waals surface area contributed by atoms with Crippen molar-refractivity contribution in [3.63, 3.8) is 0 Å². The van der Waals surface area contributed by atoms with Gasteiger partial charge in [0.05, 0.1) is 26.2 Å². The van der Waals surface area contributed by atoms with Crippen LogP contribution in [0.5, 0.6) is 0 Å². The van der Waals surface area contributed by atoms with Gasteiger partial charge in [-0.1, -0.05) is 61.8 Å². The second-order valence-electron chi connectivity index (χ2n) is 5.65. The summed E-state index contributed by atoms with van der Waals surface area (Å²) in [6.07, 6.45) is 11.1. The molecule has 0 N–H and O–H groups in total. The molecule has 0 amide bonds. The molecule has 0 aliphatic carbocycles. The van der Waals surface area contributed by atoms with Crippen LogP contribution in [0.1, 0.15) is 79.1 Å². The van der Waals surface area contributed by atoms with Gasteiger partial charge < -0.3 is 4.48 Å². The van der Waals surface area contributed by atoms with Crippen molar-refractivity contribution in [2.75, 3.05) is 26.2 Å². The first-order chi connectivity index (χ1) is 8.24. The zero-order valence-corrected chi connectivity index (χ0v) is 15.6. The summed E-state index contributed by atoms with van der Waals surface area (Å²) in [6, 6.07) is 0. The topological polar surface area (TPSA) is 0 Å². The molecule has 0 aliphatic rings. The van der Waals surface area contributed by atoms with Gasteiger partial charge in [-0.05, 0) is 25.7 Å². The molecule has 3 radical (unpaired) electrons. The van der Waals surface area contributed by atoms with Gasteiger partial charge in [-0.25, -0.2) is 0 Å². The van der Waals surface area contributed by atoms with Gasteiger partial charge in [0.1, 0.15) is 0 Å². The lowest BCUT2D eigenvalue weighted by Crippen LogP contribution is -2.50. The van der Waals surface area contributed by atoms with Gasteiger partial charge in [0.25, 0.3) is 0 Å². The van der Waals surface area contributed by atoms with Gasteiger partial charge in [-0.2, -0.15) is 9.90 Å². The fourth-order valence-corrected chi connectivity index (χ4v) is 2.64. The molecule has 0 saturated carbocycles. The van der Waals surface area contributed by atoms with Gasteiger partial charge >= 0.3 is 0 Å². The quantitative estimate of drug-likeness (QED) is 0.295. The van der Waals surface area contributed by atoms with E-state index in [9.17, 15) is 0 Å². The smallest absolute Gasteiger partial charge is 0.0786 e. The molecule has 1 nitrogen and oxygen atoms in total. The van der Waals surface area contributed by atoms with E-state index in [1.165, 1.54) is 82.0 Å². The average molecular weight is 302 g/mol. The van der Waals surface area contributed by atoms with E-state index in [1.54, 1.807) is 0 Å². The van der Waals surface area contributed by atoms with Gasteiger partial charge in [-0.3, -0.25) is 0 Å². The van der Waals surface area contributed by atoms with Crippen molar-refractivity contribution in [1.82, 2.24) is 0 Å². The SMILES string of the molecule is CCCC[N+](CCCC)(CCCC)CCCC.P.[BH4-].[B]. The molecule has 1 unspecified atom stereocenters. The van der Waals surface area contributed by atoms with Crippen molar-refractivity contribution in [2.45, 2.75) is 79.1 Å². The number of rotatable bonds is 12. The summed E-state index contributed by atoms with van der Waals surface area (Å²) in [7, 11) is 0. The lowest BCUT2D eigenvalue weighted by molar-refractivity contribution is -0.929. The summed E-state index contributed by atoms with van der Waals surface area (Å²) in [5.41, 5.74) is 0. The van der Waals surface area contributed by atoms with Crippen molar-refractivity contribution in [2.24, 2.45) is 0 Å². The Morgan fingerprint density at radius 1 is 0.550 bits per heavy atom. The summed E-state index contributed by atoms with van der Waals surface area (Å²) >= 11 is 0. The van der Waals surface area contributed by atoms with Crippen LogP contribution in [-0.4, -0.2) is 47.5 Å². The second kappa shape index (κ2) is 19.5. The maximum atomic E-state index is 2.33. The van der Waals surface area contributed by atoms with Crippen LogP contribution in [0.2, 0.25) is 0 Å². The van der Waals surface area contributed by atoms with Crippen LogP contribution in [0.25, 0.3) is 0 Å². The Labute approximate surface area is 137 Å². The minimum absolute atomic E-state index is 0. The summed E-state index contributed by atoms with van der Waals surface area (Å²) in [5, 5.41) is 0. The van der Waals surface area contributed by atoms with E-state index in [-0.39, 0.29) is 26.7 Å². The minimum Gasteiger partial charge on any atom is -0.324 e. The molecule has 123 valence electrons. The first kappa shape index (κ1) is 28.6. The Morgan fingerprint density at radius 3 is 0.900 bits per heavy atom. The van der Waals surface area contributed by atoms with Crippen LogP contribution in [0, 0.1) is 0 Å². The molecular weight excluding hydrogens is 259 g/mol. The van der Waals surface area contributed by atoms with E-state index in [0.717, 1.165) is 0 Å². The first-order valence-corrected chi connectivity index (χ1v) is 8.09. The predicted molar refractivity (Wildman–Crippen MR) is 108 cm³/mol. The van der Waals surface area contributed by atoms with E-state index in [4.69, 9.17) is 0 Å². The van der Waals surface area contributed by atoms with Crippen molar-refractivity contribution in [1.29, 1.82) is 0 Å². The highest BCUT2D eigenvalue weighted by atomic mass is 31.0. The van der Waals surface area contributed by atoms with Crippen LogP contribution in [-0.2, 0) is 0 Å². The summed E-state index contributed by atoms with van der Waals surface area (Å²) in [6.45, 7) is 15.0. The highest BCUT2D eigenvalue weighted by Gasteiger charge is 2.24. The van der Waals surface area contributed by atoms with Gasteiger partial charge in [-0.15, -0.1) is 0 Å². The van der Waals surface area contributed by atoms with Crippen molar-refractivity contribution in [3.05, 3.63) is 0 Å². The molecular formula is C16H43B2NP. The third kappa shape index (κ3) is 13.5.